The topological polar surface area (TPSA) is 88.2 Å². The molecule has 1 aliphatic rings. The third kappa shape index (κ3) is 5.02. The summed E-state index contributed by atoms with van der Waals surface area (Å²) >= 11 is 0. The van der Waals surface area contributed by atoms with Gasteiger partial charge in [-0.1, -0.05) is 12.1 Å². The molecule has 1 aliphatic heterocycles. The van der Waals surface area contributed by atoms with Crippen LogP contribution in [-0.2, 0) is 4.79 Å². The van der Waals surface area contributed by atoms with Gasteiger partial charge in [-0.3, -0.25) is 0 Å². The van der Waals surface area contributed by atoms with Crippen LogP contribution in [0.15, 0.2) is 61.1 Å². The van der Waals surface area contributed by atoms with Gasteiger partial charge in [-0.15, -0.1) is 0 Å². The van der Waals surface area contributed by atoms with Gasteiger partial charge in [0.2, 0.25) is 0 Å². The van der Waals surface area contributed by atoms with E-state index in [1.807, 2.05) is 42.5 Å². The molecule has 0 radical (unpaired) electrons. The molecule has 4 aromatic rings. The van der Waals surface area contributed by atoms with Crippen molar-refractivity contribution in [1.82, 2.24) is 19.9 Å². The summed E-state index contributed by atoms with van der Waals surface area (Å²) in [5.41, 5.74) is 10.7. The van der Waals surface area contributed by atoms with Gasteiger partial charge in [-0.05, 0) is 61.5 Å². The fourth-order valence-corrected chi connectivity index (χ4v) is 4.05. The van der Waals surface area contributed by atoms with Crippen molar-refractivity contribution in [3.05, 3.63) is 66.9 Å². The molecule has 2 aromatic heterocycles. The van der Waals surface area contributed by atoms with Gasteiger partial charge in [-0.2, -0.15) is 0 Å². The van der Waals surface area contributed by atoms with Crippen LogP contribution < -0.4 is 10.6 Å². The van der Waals surface area contributed by atoms with Crippen LogP contribution in [0.25, 0.3) is 33.3 Å². The maximum atomic E-state index is 15.1. The predicted molar refractivity (Wildman–Crippen MR) is 134 cm³/mol. The predicted octanol–water partition coefficient (Wildman–Crippen LogP) is 4.04. The first-order valence-corrected chi connectivity index (χ1v) is 11.1. The number of carbonyl (C=O) groups is 1. The Kier molecular flexibility index (Phi) is 7.08. The van der Waals surface area contributed by atoms with Crippen LogP contribution in [0.1, 0.15) is 6.92 Å². The van der Waals surface area contributed by atoms with E-state index < -0.39 is 0 Å². The lowest BCUT2D eigenvalue weighted by Crippen LogP contribution is -2.44. The van der Waals surface area contributed by atoms with Crippen molar-refractivity contribution >= 4 is 28.7 Å². The molecule has 0 saturated carbocycles. The molecule has 0 unspecified atom stereocenters. The Balaban J connectivity index is 0.000000868. The van der Waals surface area contributed by atoms with Gasteiger partial charge in [0.05, 0.1) is 16.9 Å². The number of anilines is 2. The van der Waals surface area contributed by atoms with Crippen molar-refractivity contribution in [3.63, 3.8) is 0 Å². The Hall–Kier alpha value is -3.91. The number of nitrogen functional groups attached to an aromatic ring is 1. The zero-order chi connectivity index (χ0) is 24.1. The van der Waals surface area contributed by atoms with Crippen LogP contribution in [0.3, 0.4) is 0 Å². The summed E-state index contributed by atoms with van der Waals surface area (Å²) in [6, 6.07) is 15.1. The monoisotopic (exact) mass is 458 g/mol. The Bertz CT molecular complexity index is 1300. The number of benzene rings is 2. The Morgan fingerprint density at radius 2 is 1.62 bits per heavy atom. The minimum absolute atomic E-state index is 0.230. The van der Waals surface area contributed by atoms with E-state index in [2.05, 4.69) is 31.8 Å². The highest BCUT2D eigenvalue weighted by molar-refractivity contribution is 5.95. The molecular weight excluding hydrogens is 431 g/mol. The van der Waals surface area contributed by atoms with E-state index in [1.165, 1.54) is 13.3 Å². The summed E-state index contributed by atoms with van der Waals surface area (Å²) in [4.78, 5) is 26.1. The number of aromatic nitrogens is 3. The summed E-state index contributed by atoms with van der Waals surface area (Å²) < 4.78 is 15.1. The number of halogens is 1. The Morgan fingerprint density at radius 3 is 2.32 bits per heavy atom. The average molecular weight is 459 g/mol. The van der Waals surface area contributed by atoms with E-state index in [1.54, 1.807) is 12.3 Å². The number of nitrogens with two attached hydrogens (primary N) is 1. The molecule has 0 atom stereocenters. The van der Waals surface area contributed by atoms with Gasteiger partial charge >= 0.3 is 0 Å². The molecule has 5 rings (SSSR count). The lowest BCUT2D eigenvalue weighted by Gasteiger charge is -2.34. The second-order valence-electron chi connectivity index (χ2n) is 8.12. The number of hydrogen-bond acceptors (Lipinski definition) is 7. The molecule has 7 nitrogen and oxygen atoms in total. The van der Waals surface area contributed by atoms with Crippen LogP contribution in [0.4, 0.5) is 15.9 Å². The molecule has 34 heavy (non-hydrogen) atoms. The SMILES string of the molecule is CC=O.CN1CCN(c2ccc(-c3ncnc4ccc(-c5ccnc(N)c5)cc34)cc2F)CC1. The minimum Gasteiger partial charge on any atom is -0.384 e. The number of pyridine rings is 1. The van der Waals surface area contributed by atoms with E-state index in [0.717, 1.165) is 60.1 Å². The van der Waals surface area contributed by atoms with Crippen LogP contribution in [0, 0.1) is 5.82 Å². The van der Waals surface area contributed by atoms with Gasteiger partial charge in [0.15, 0.2) is 0 Å². The first-order valence-electron chi connectivity index (χ1n) is 11.1. The van der Waals surface area contributed by atoms with E-state index in [4.69, 9.17) is 10.5 Å². The number of nitrogens with zero attached hydrogens (tertiary/aromatic N) is 5. The highest BCUT2D eigenvalue weighted by Gasteiger charge is 2.18. The summed E-state index contributed by atoms with van der Waals surface area (Å²) in [6.07, 6.45) is 3.96. The molecule has 2 aromatic carbocycles. The van der Waals surface area contributed by atoms with E-state index >= 15 is 4.39 Å². The van der Waals surface area contributed by atoms with Crippen molar-refractivity contribution < 1.29 is 9.18 Å². The quantitative estimate of drug-likeness (QED) is 0.464. The fourth-order valence-electron chi connectivity index (χ4n) is 4.05. The highest BCUT2D eigenvalue weighted by Crippen LogP contribution is 2.32. The number of fused-ring (bicyclic) bond motifs is 1. The summed E-state index contributed by atoms with van der Waals surface area (Å²) in [5, 5.41) is 0.863. The van der Waals surface area contributed by atoms with Gasteiger partial charge in [-0.25, -0.2) is 19.3 Å². The molecule has 1 fully saturated rings. The molecule has 2 N–H and O–H groups in total. The van der Waals surface area contributed by atoms with Crippen LogP contribution >= 0.6 is 0 Å². The standard InChI is InChI=1S/C24H23FN6.C2H4O/c1-30-8-10-31(11-9-30)22-5-3-18(13-20(22)25)24-19-12-16(2-4-21(19)28-15-29-24)17-6-7-27-23(26)14-17;1-2-3/h2-7,12-15H,8-11H2,1H3,(H2,26,27);2H,1H3. The lowest BCUT2D eigenvalue weighted by atomic mass is 10.0. The van der Waals surface area contributed by atoms with Crippen molar-refractivity contribution in [2.45, 2.75) is 6.92 Å². The van der Waals surface area contributed by atoms with Crippen LogP contribution in [-0.4, -0.2) is 59.4 Å². The first-order chi connectivity index (χ1) is 16.5. The van der Waals surface area contributed by atoms with Gasteiger partial charge in [0, 0.05) is 43.3 Å². The summed E-state index contributed by atoms with van der Waals surface area (Å²) in [7, 11) is 2.09. The molecule has 3 heterocycles. The third-order valence-electron chi connectivity index (χ3n) is 5.81. The number of hydrogen-bond donors (Lipinski definition) is 1. The van der Waals surface area contributed by atoms with E-state index in [9.17, 15) is 0 Å². The number of rotatable bonds is 3. The summed E-state index contributed by atoms with van der Waals surface area (Å²) in [6.45, 7) is 4.95. The van der Waals surface area contributed by atoms with Gasteiger partial charge in [0.25, 0.3) is 0 Å². The Labute approximate surface area is 198 Å². The maximum absolute atomic E-state index is 15.1. The molecule has 0 bridgehead atoms. The normalized spacial score (nSPS) is 13.9. The largest absolute Gasteiger partial charge is 0.384 e. The molecule has 0 aliphatic carbocycles. The van der Waals surface area contributed by atoms with Crippen molar-refractivity contribution in [2.75, 3.05) is 43.9 Å². The smallest absolute Gasteiger partial charge is 0.147 e. The van der Waals surface area contributed by atoms with Crippen molar-refractivity contribution in [3.8, 4) is 22.4 Å². The van der Waals surface area contributed by atoms with Gasteiger partial charge in [0.1, 0.15) is 24.2 Å². The minimum atomic E-state index is -0.230. The first kappa shape index (κ1) is 23.3. The number of piperazine rings is 1. The number of aldehydes is 1. The second-order valence-corrected chi connectivity index (χ2v) is 8.12. The second kappa shape index (κ2) is 10.4. The van der Waals surface area contributed by atoms with Gasteiger partial charge < -0.3 is 20.3 Å². The van der Waals surface area contributed by atoms with Crippen LogP contribution in [0.5, 0.6) is 0 Å². The molecule has 1 saturated heterocycles. The van der Waals surface area contributed by atoms with Crippen LogP contribution in [0.2, 0.25) is 0 Å². The average Bonchev–Trinajstić information content (AvgIpc) is 2.84. The summed E-state index contributed by atoms with van der Waals surface area (Å²) in [5.74, 6) is 0.232. The zero-order valence-corrected chi connectivity index (χ0v) is 19.3. The molecule has 8 heteroatoms. The van der Waals surface area contributed by atoms with E-state index in [0.29, 0.717) is 17.2 Å². The Morgan fingerprint density at radius 1 is 0.912 bits per heavy atom. The highest BCUT2D eigenvalue weighted by atomic mass is 19.1. The third-order valence-corrected chi connectivity index (χ3v) is 5.81. The number of carbonyl (C=O) groups excluding carboxylic acids is 1. The number of likely N-dealkylation sites (N-methyl/N-ethyl adjacent to an activating group) is 1. The lowest BCUT2D eigenvalue weighted by molar-refractivity contribution is -0.106. The maximum Gasteiger partial charge on any atom is 0.147 e. The molecule has 0 amide bonds. The molecular formula is C26H27FN6O. The fraction of sp³-hybridized carbons (Fsp3) is 0.231. The zero-order valence-electron chi connectivity index (χ0n) is 19.3. The molecule has 0 spiro atoms. The van der Waals surface area contributed by atoms with E-state index in [-0.39, 0.29) is 5.82 Å². The van der Waals surface area contributed by atoms with Crippen molar-refractivity contribution in [2.24, 2.45) is 0 Å². The van der Waals surface area contributed by atoms with Crippen molar-refractivity contribution in [1.29, 1.82) is 0 Å². The molecule has 174 valence electrons.